The number of benzene rings is 1. The summed E-state index contributed by atoms with van der Waals surface area (Å²) in [5.41, 5.74) is 1.99. The van der Waals surface area contributed by atoms with Gasteiger partial charge in [-0.1, -0.05) is 13.8 Å². The second-order valence-corrected chi connectivity index (χ2v) is 7.53. The van der Waals surface area contributed by atoms with E-state index >= 15 is 0 Å². The molecule has 0 spiro atoms. The number of carbonyl (C=O) groups is 1. The summed E-state index contributed by atoms with van der Waals surface area (Å²) in [6.45, 7) is 6.58. The molecule has 3 nitrogen and oxygen atoms in total. The normalized spacial score (nSPS) is 34.5. The van der Waals surface area contributed by atoms with Crippen molar-refractivity contribution >= 4 is 5.78 Å². The van der Waals surface area contributed by atoms with E-state index in [1.54, 1.807) is 6.07 Å². The van der Waals surface area contributed by atoms with E-state index in [0.717, 1.165) is 43.0 Å². The third kappa shape index (κ3) is 1.88. The molecule has 0 amide bonds. The Balaban J connectivity index is 1.81. The van der Waals surface area contributed by atoms with Crippen molar-refractivity contribution in [1.82, 2.24) is 4.90 Å². The summed E-state index contributed by atoms with van der Waals surface area (Å²) in [4.78, 5) is 15.5. The molecule has 3 heteroatoms. The number of rotatable bonds is 3. The van der Waals surface area contributed by atoms with Crippen molar-refractivity contribution in [3.05, 3.63) is 29.3 Å². The molecule has 3 aliphatic rings. The number of fused-ring (bicyclic) bond motifs is 4. The Bertz CT molecular complexity index is 622. The zero-order chi connectivity index (χ0) is 15.5. The van der Waals surface area contributed by atoms with Gasteiger partial charge in [0, 0.05) is 17.5 Å². The number of Topliss-reactive ketones (excluding diaryl/α,β-unsaturated/α-hetero) is 1. The molecule has 2 bridgehead atoms. The maximum Gasteiger partial charge on any atom is 0.180 e. The average molecular weight is 299 g/mol. The van der Waals surface area contributed by atoms with Crippen molar-refractivity contribution in [3.8, 4) is 5.75 Å². The first-order valence-corrected chi connectivity index (χ1v) is 8.68. The third-order valence-electron chi connectivity index (χ3n) is 6.48. The number of ketones is 1. The first kappa shape index (κ1) is 14.3. The van der Waals surface area contributed by atoms with Gasteiger partial charge in [-0.25, -0.2) is 0 Å². The highest BCUT2D eigenvalue weighted by Crippen LogP contribution is 2.51. The quantitative estimate of drug-likeness (QED) is 0.930. The van der Waals surface area contributed by atoms with Crippen molar-refractivity contribution in [2.75, 3.05) is 13.1 Å². The summed E-state index contributed by atoms with van der Waals surface area (Å²) < 4.78 is 0. The molecule has 1 aromatic rings. The molecule has 2 fully saturated rings. The van der Waals surface area contributed by atoms with Crippen molar-refractivity contribution < 1.29 is 9.90 Å². The summed E-state index contributed by atoms with van der Waals surface area (Å²) in [6, 6.07) is 5.39. The van der Waals surface area contributed by atoms with Gasteiger partial charge in [-0.3, -0.25) is 9.69 Å². The number of hydrogen-bond acceptors (Lipinski definition) is 3. The highest BCUT2D eigenvalue weighted by molar-refractivity contribution is 6.03. The van der Waals surface area contributed by atoms with Gasteiger partial charge in [0.25, 0.3) is 0 Å². The van der Waals surface area contributed by atoms with E-state index in [4.69, 9.17) is 0 Å². The second kappa shape index (κ2) is 4.82. The topological polar surface area (TPSA) is 40.5 Å². The Labute approximate surface area is 132 Å². The van der Waals surface area contributed by atoms with Gasteiger partial charge in [0.15, 0.2) is 5.78 Å². The molecule has 1 saturated carbocycles. The van der Waals surface area contributed by atoms with Crippen LogP contribution in [-0.2, 0) is 5.41 Å². The Morgan fingerprint density at radius 3 is 2.82 bits per heavy atom. The van der Waals surface area contributed by atoms with Crippen LogP contribution in [0.2, 0.25) is 0 Å². The zero-order valence-electron chi connectivity index (χ0n) is 13.5. The van der Waals surface area contributed by atoms with Crippen molar-refractivity contribution in [1.29, 1.82) is 0 Å². The zero-order valence-corrected chi connectivity index (χ0v) is 13.5. The molecule has 0 aromatic heterocycles. The number of likely N-dealkylation sites (tertiary alicyclic amines) is 1. The van der Waals surface area contributed by atoms with Gasteiger partial charge < -0.3 is 5.11 Å². The second-order valence-electron chi connectivity index (χ2n) is 7.53. The molecule has 0 radical (unpaired) electrons. The number of piperidine rings is 1. The molecular weight excluding hydrogens is 274 g/mol. The van der Waals surface area contributed by atoms with Crippen LogP contribution in [0.3, 0.4) is 0 Å². The highest BCUT2D eigenvalue weighted by atomic mass is 16.3. The smallest absolute Gasteiger partial charge is 0.180 e. The van der Waals surface area contributed by atoms with Gasteiger partial charge in [-0.2, -0.15) is 0 Å². The molecule has 2 aliphatic carbocycles. The van der Waals surface area contributed by atoms with Gasteiger partial charge in [0.2, 0.25) is 0 Å². The Kier molecular flexibility index (Phi) is 3.12. The number of carbonyl (C=O) groups excluding carboxylic acids is 1. The molecule has 1 N–H and O–H groups in total. The molecule has 1 aromatic carbocycles. The number of hydrogen-bond donors (Lipinski definition) is 1. The van der Waals surface area contributed by atoms with Crippen LogP contribution in [-0.4, -0.2) is 34.9 Å². The number of phenolic OH excluding ortho intramolecular Hbond substituents is 1. The van der Waals surface area contributed by atoms with Gasteiger partial charge >= 0.3 is 0 Å². The molecule has 2 unspecified atom stereocenters. The van der Waals surface area contributed by atoms with Gasteiger partial charge in [0.1, 0.15) is 5.75 Å². The molecule has 1 aliphatic heterocycles. The van der Waals surface area contributed by atoms with E-state index in [0.29, 0.717) is 5.92 Å². The maximum absolute atomic E-state index is 13.1. The van der Waals surface area contributed by atoms with Crippen LogP contribution in [0.25, 0.3) is 0 Å². The summed E-state index contributed by atoms with van der Waals surface area (Å²) in [5, 5.41) is 9.93. The monoisotopic (exact) mass is 299 g/mol. The lowest BCUT2D eigenvalue weighted by Gasteiger charge is -2.55. The Morgan fingerprint density at radius 2 is 2.14 bits per heavy atom. The summed E-state index contributed by atoms with van der Waals surface area (Å²) in [7, 11) is 0. The SMILES string of the molecule is CC[C@@]12CCN(CC3CC3)C(C(=O)c3ccc(O)cc31)C2C. The van der Waals surface area contributed by atoms with E-state index in [9.17, 15) is 9.90 Å². The van der Waals surface area contributed by atoms with Crippen molar-refractivity contribution in [3.63, 3.8) is 0 Å². The summed E-state index contributed by atoms with van der Waals surface area (Å²) in [6.07, 6.45) is 4.79. The Morgan fingerprint density at radius 1 is 1.36 bits per heavy atom. The van der Waals surface area contributed by atoms with Gasteiger partial charge in [0.05, 0.1) is 6.04 Å². The average Bonchev–Trinajstić information content (AvgIpc) is 3.30. The minimum Gasteiger partial charge on any atom is -0.508 e. The fraction of sp³-hybridized carbons (Fsp3) is 0.632. The van der Waals surface area contributed by atoms with Gasteiger partial charge in [-0.05, 0) is 67.8 Å². The maximum atomic E-state index is 13.1. The van der Waals surface area contributed by atoms with E-state index in [1.807, 2.05) is 12.1 Å². The Hall–Kier alpha value is -1.35. The number of phenols is 1. The lowest BCUT2D eigenvalue weighted by atomic mass is 9.56. The molecule has 3 atom stereocenters. The van der Waals surface area contributed by atoms with E-state index < -0.39 is 0 Å². The number of aromatic hydroxyl groups is 1. The van der Waals surface area contributed by atoms with Crippen LogP contribution in [0.1, 0.15) is 55.5 Å². The van der Waals surface area contributed by atoms with Crippen molar-refractivity contribution in [2.24, 2.45) is 11.8 Å². The minimum absolute atomic E-state index is 0.0337. The van der Waals surface area contributed by atoms with Crippen LogP contribution in [0.4, 0.5) is 0 Å². The lowest BCUT2D eigenvalue weighted by Crippen LogP contribution is -2.61. The molecule has 1 heterocycles. The van der Waals surface area contributed by atoms with E-state index in [1.165, 1.54) is 12.8 Å². The van der Waals surface area contributed by atoms with Crippen LogP contribution in [0, 0.1) is 11.8 Å². The summed E-state index contributed by atoms with van der Waals surface area (Å²) in [5.74, 6) is 1.69. The third-order valence-corrected chi connectivity index (χ3v) is 6.48. The predicted molar refractivity (Wildman–Crippen MR) is 86.3 cm³/mol. The van der Waals surface area contributed by atoms with E-state index in [-0.39, 0.29) is 23.0 Å². The lowest BCUT2D eigenvalue weighted by molar-refractivity contribution is 0.0196. The fourth-order valence-corrected chi connectivity index (χ4v) is 4.95. The summed E-state index contributed by atoms with van der Waals surface area (Å²) >= 11 is 0. The van der Waals surface area contributed by atoms with Crippen LogP contribution < -0.4 is 0 Å². The first-order chi connectivity index (χ1) is 10.6. The predicted octanol–water partition coefficient (Wildman–Crippen LogP) is 3.36. The van der Waals surface area contributed by atoms with Crippen LogP contribution in [0.5, 0.6) is 5.75 Å². The fourth-order valence-electron chi connectivity index (χ4n) is 4.95. The number of nitrogens with zero attached hydrogens (tertiary/aromatic N) is 1. The highest BCUT2D eigenvalue weighted by Gasteiger charge is 2.54. The van der Waals surface area contributed by atoms with Crippen LogP contribution >= 0.6 is 0 Å². The van der Waals surface area contributed by atoms with Gasteiger partial charge in [-0.15, -0.1) is 0 Å². The van der Waals surface area contributed by atoms with Crippen LogP contribution in [0.15, 0.2) is 18.2 Å². The molecular formula is C19H25NO2. The first-order valence-electron chi connectivity index (χ1n) is 8.68. The van der Waals surface area contributed by atoms with Crippen molar-refractivity contribution in [2.45, 2.75) is 51.0 Å². The van der Waals surface area contributed by atoms with E-state index in [2.05, 4.69) is 18.7 Å². The standard InChI is InChI=1S/C19H25NO2/c1-3-19-8-9-20(11-13-4-5-13)17(12(19)2)18(22)15-7-6-14(21)10-16(15)19/h6-7,10,12-13,17,21H,3-5,8-9,11H2,1-2H3/t12?,17?,19-/m0/s1. The molecule has 118 valence electrons. The largest absolute Gasteiger partial charge is 0.508 e. The molecule has 4 rings (SSSR count). The minimum atomic E-state index is 0.0337. The molecule has 22 heavy (non-hydrogen) atoms. The molecule has 1 saturated heterocycles.